The number of hydrogen-bond acceptors (Lipinski definition) is 2. The number of nitrogens with two attached hydrogens (primary N) is 1. The van der Waals surface area contributed by atoms with E-state index in [-0.39, 0.29) is 0 Å². The first kappa shape index (κ1) is 10.3. The molecule has 82 valence electrons. The van der Waals surface area contributed by atoms with Crippen molar-refractivity contribution >= 4 is 11.4 Å². The second-order valence-electron chi connectivity index (χ2n) is 4.60. The lowest BCUT2D eigenvalue weighted by atomic mass is 9.86. The average molecular weight is 204 g/mol. The molecule has 0 bridgehead atoms. The highest BCUT2D eigenvalue weighted by atomic mass is 14.9. The van der Waals surface area contributed by atoms with Crippen LogP contribution in [-0.4, -0.2) is 6.04 Å². The molecule has 3 N–H and O–H groups in total. The second kappa shape index (κ2) is 4.56. The molecule has 1 aromatic rings. The number of rotatable bonds is 2. The Kier molecular flexibility index (Phi) is 3.14. The van der Waals surface area contributed by atoms with Crippen LogP contribution in [0.5, 0.6) is 0 Å². The lowest BCUT2D eigenvalue weighted by molar-refractivity contribution is 0.349. The van der Waals surface area contributed by atoms with Crippen LogP contribution in [0.25, 0.3) is 0 Å². The van der Waals surface area contributed by atoms with Crippen molar-refractivity contribution in [3.05, 3.63) is 24.3 Å². The Morgan fingerprint density at radius 1 is 1.20 bits per heavy atom. The van der Waals surface area contributed by atoms with Gasteiger partial charge >= 0.3 is 0 Å². The highest BCUT2D eigenvalue weighted by Gasteiger charge is 2.21. The Labute approximate surface area is 91.9 Å². The van der Waals surface area contributed by atoms with Crippen LogP contribution >= 0.6 is 0 Å². The lowest BCUT2D eigenvalue weighted by Crippen LogP contribution is -2.30. The molecule has 1 aliphatic rings. The van der Waals surface area contributed by atoms with E-state index in [1.165, 1.54) is 25.7 Å². The quantitative estimate of drug-likeness (QED) is 0.726. The number of hydrogen-bond donors (Lipinski definition) is 2. The lowest BCUT2D eigenvalue weighted by Gasteiger charge is -2.30. The Hall–Kier alpha value is -1.18. The number of anilines is 2. The van der Waals surface area contributed by atoms with Crippen molar-refractivity contribution in [1.82, 2.24) is 0 Å². The van der Waals surface area contributed by atoms with Crippen LogP contribution in [0.15, 0.2) is 24.3 Å². The molecule has 0 aliphatic heterocycles. The first-order valence-corrected chi connectivity index (χ1v) is 5.88. The van der Waals surface area contributed by atoms with E-state index in [2.05, 4.69) is 18.3 Å². The fourth-order valence-electron chi connectivity index (χ4n) is 2.36. The van der Waals surface area contributed by atoms with Crippen LogP contribution in [0.4, 0.5) is 11.4 Å². The van der Waals surface area contributed by atoms with Crippen molar-refractivity contribution in [1.29, 1.82) is 0 Å². The molecule has 2 unspecified atom stereocenters. The Bertz CT molecular complexity index is 322. The van der Waals surface area contributed by atoms with E-state index < -0.39 is 0 Å². The normalized spacial score (nSPS) is 26.2. The van der Waals surface area contributed by atoms with Crippen molar-refractivity contribution in [2.24, 2.45) is 5.92 Å². The molecular formula is C13H20N2. The average Bonchev–Trinajstić information content (AvgIpc) is 2.24. The minimum Gasteiger partial charge on any atom is -0.397 e. The predicted molar refractivity (Wildman–Crippen MR) is 65.9 cm³/mol. The molecular weight excluding hydrogens is 184 g/mol. The van der Waals surface area contributed by atoms with Crippen molar-refractivity contribution in [2.75, 3.05) is 11.1 Å². The zero-order chi connectivity index (χ0) is 10.7. The summed E-state index contributed by atoms with van der Waals surface area (Å²) in [6, 6.07) is 8.63. The molecule has 2 nitrogen and oxygen atoms in total. The highest BCUT2D eigenvalue weighted by molar-refractivity contribution is 5.66. The van der Waals surface area contributed by atoms with Gasteiger partial charge in [0, 0.05) is 6.04 Å². The third kappa shape index (κ3) is 2.44. The number of para-hydroxylation sites is 2. The van der Waals surface area contributed by atoms with Crippen LogP contribution in [0.3, 0.4) is 0 Å². The van der Waals surface area contributed by atoms with Crippen LogP contribution in [0, 0.1) is 5.92 Å². The van der Waals surface area contributed by atoms with Gasteiger partial charge in [-0.2, -0.15) is 0 Å². The molecule has 2 heteroatoms. The summed E-state index contributed by atoms with van der Waals surface area (Å²) in [6.07, 6.45) is 5.33. The van der Waals surface area contributed by atoms with Crippen LogP contribution < -0.4 is 11.1 Å². The maximum absolute atomic E-state index is 5.92. The van der Waals surface area contributed by atoms with Gasteiger partial charge in [0.05, 0.1) is 11.4 Å². The van der Waals surface area contributed by atoms with E-state index in [0.29, 0.717) is 6.04 Å². The predicted octanol–water partition coefficient (Wildman–Crippen LogP) is 3.26. The zero-order valence-corrected chi connectivity index (χ0v) is 9.37. The molecule has 1 aromatic carbocycles. The van der Waals surface area contributed by atoms with Crippen molar-refractivity contribution < 1.29 is 0 Å². The maximum Gasteiger partial charge on any atom is 0.0576 e. The standard InChI is InChI=1S/C13H20N2/c1-10-6-2-4-8-12(10)15-13-9-5-3-7-11(13)14/h3,5,7,9-10,12,15H,2,4,6,8,14H2,1H3. The van der Waals surface area contributed by atoms with Crippen LogP contribution in [0.2, 0.25) is 0 Å². The number of nitrogen functional groups attached to an aromatic ring is 1. The fraction of sp³-hybridized carbons (Fsp3) is 0.538. The maximum atomic E-state index is 5.92. The minimum absolute atomic E-state index is 0.600. The van der Waals surface area contributed by atoms with Gasteiger partial charge in [0.2, 0.25) is 0 Å². The molecule has 2 rings (SSSR count). The Balaban J connectivity index is 2.04. The summed E-state index contributed by atoms with van der Waals surface area (Å²) in [5, 5.41) is 3.57. The molecule has 0 heterocycles. The molecule has 1 aliphatic carbocycles. The second-order valence-corrected chi connectivity index (χ2v) is 4.60. The van der Waals surface area contributed by atoms with Gasteiger partial charge in [0.25, 0.3) is 0 Å². The van der Waals surface area contributed by atoms with Gasteiger partial charge in [-0.15, -0.1) is 0 Å². The summed E-state index contributed by atoms with van der Waals surface area (Å²) in [6.45, 7) is 2.33. The van der Waals surface area contributed by atoms with Crippen molar-refractivity contribution in [3.63, 3.8) is 0 Å². The minimum atomic E-state index is 0.600. The van der Waals surface area contributed by atoms with E-state index in [1.54, 1.807) is 0 Å². The van der Waals surface area contributed by atoms with Crippen molar-refractivity contribution in [2.45, 2.75) is 38.6 Å². The Morgan fingerprint density at radius 3 is 2.67 bits per heavy atom. The van der Waals surface area contributed by atoms with E-state index >= 15 is 0 Å². The first-order valence-electron chi connectivity index (χ1n) is 5.88. The largest absolute Gasteiger partial charge is 0.397 e. The van der Waals surface area contributed by atoms with Gasteiger partial charge in [0.1, 0.15) is 0 Å². The van der Waals surface area contributed by atoms with E-state index in [9.17, 15) is 0 Å². The summed E-state index contributed by atoms with van der Waals surface area (Å²) in [5.74, 6) is 0.762. The molecule has 0 saturated heterocycles. The molecule has 0 spiro atoms. The molecule has 1 saturated carbocycles. The topological polar surface area (TPSA) is 38.0 Å². The molecule has 15 heavy (non-hydrogen) atoms. The van der Waals surface area contributed by atoms with Gasteiger partial charge < -0.3 is 11.1 Å². The van der Waals surface area contributed by atoms with E-state index in [1.807, 2.05) is 18.2 Å². The fourth-order valence-corrected chi connectivity index (χ4v) is 2.36. The SMILES string of the molecule is CC1CCCCC1Nc1ccccc1N. The summed E-state index contributed by atoms with van der Waals surface area (Å²) in [7, 11) is 0. The third-order valence-corrected chi connectivity index (χ3v) is 3.41. The van der Waals surface area contributed by atoms with E-state index in [4.69, 9.17) is 5.73 Å². The zero-order valence-electron chi connectivity index (χ0n) is 9.37. The molecule has 0 radical (unpaired) electrons. The first-order chi connectivity index (χ1) is 7.27. The number of benzene rings is 1. The smallest absolute Gasteiger partial charge is 0.0576 e. The van der Waals surface area contributed by atoms with Crippen LogP contribution in [0.1, 0.15) is 32.6 Å². The third-order valence-electron chi connectivity index (χ3n) is 3.41. The van der Waals surface area contributed by atoms with Gasteiger partial charge in [-0.05, 0) is 30.9 Å². The monoisotopic (exact) mass is 204 g/mol. The summed E-state index contributed by atoms with van der Waals surface area (Å²) in [5.41, 5.74) is 7.87. The van der Waals surface area contributed by atoms with Gasteiger partial charge in [-0.25, -0.2) is 0 Å². The molecule has 2 atom stereocenters. The van der Waals surface area contributed by atoms with Crippen LogP contribution in [-0.2, 0) is 0 Å². The molecule has 1 fully saturated rings. The molecule has 0 amide bonds. The Morgan fingerprint density at radius 2 is 1.93 bits per heavy atom. The van der Waals surface area contributed by atoms with E-state index in [0.717, 1.165) is 17.3 Å². The summed E-state index contributed by atoms with van der Waals surface area (Å²) < 4.78 is 0. The molecule has 0 aromatic heterocycles. The van der Waals surface area contributed by atoms with Gasteiger partial charge in [-0.3, -0.25) is 0 Å². The summed E-state index contributed by atoms with van der Waals surface area (Å²) >= 11 is 0. The highest BCUT2D eigenvalue weighted by Crippen LogP contribution is 2.28. The van der Waals surface area contributed by atoms with Gasteiger partial charge in [0.15, 0.2) is 0 Å². The van der Waals surface area contributed by atoms with Crippen molar-refractivity contribution in [3.8, 4) is 0 Å². The number of nitrogens with one attached hydrogen (secondary N) is 1. The summed E-state index contributed by atoms with van der Waals surface area (Å²) in [4.78, 5) is 0. The van der Waals surface area contributed by atoms with Gasteiger partial charge in [-0.1, -0.05) is 31.9 Å².